The van der Waals surface area contributed by atoms with E-state index in [1.54, 1.807) is 0 Å². The monoisotopic (exact) mass is 212 g/mol. The third kappa shape index (κ3) is 5.17. The molecule has 3 heteroatoms. The minimum Gasteiger partial charge on any atom is -0.376 e. The summed E-state index contributed by atoms with van der Waals surface area (Å²) in [7, 11) is 0. The SMILES string of the molecule is C#CCCC(NN)C(OCC)C(C)(C)C. The van der Waals surface area contributed by atoms with Crippen LogP contribution in [0.3, 0.4) is 0 Å². The van der Waals surface area contributed by atoms with Gasteiger partial charge in [-0.3, -0.25) is 11.3 Å². The summed E-state index contributed by atoms with van der Waals surface area (Å²) in [5.74, 6) is 8.17. The van der Waals surface area contributed by atoms with Gasteiger partial charge in [0, 0.05) is 19.1 Å². The minimum atomic E-state index is 0.0572. The number of terminal acetylenes is 1. The summed E-state index contributed by atoms with van der Waals surface area (Å²) in [6, 6.07) is 0.112. The van der Waals surface area contributed by atoms with E-state index >= 15 is 0 Å². The topological polar surface area (TPSA) is 47.3 Å². The van der Waals surface area contributed by atoms with Crippen molar-refractivity contribution in [2.45, 2.75) is 52.7 Å². The van der Waals surface area contributed by atoms with E-state index in [4.69, 9.17) is 17.0 Å². The number of hydrogen-bond acceptors (Lipinski definition) is 3. The predicted octanol–water partition coefficient (Wildman–Crippen LogP) is 1.68. The molecule has 0 bridgehead atoms. The number of nitrogens with one attached hydrogen (secondary N) is 1. The number of hydrazine groups is 1. The molecule has 15 heavy (non-hydrogen) atoms. The lowest BCUT2D eigenvalue weighted by atomic mass is 9.83. The Bertz CT molecular complexity index is 203. The maximum Gasteiger partial charge on any atom is 0.0789 e. The van der Waals surface area contributed by atoms with Gasteiger partial charge in [-0.2, -0.15) is 0 Å². The number of ether oxygens (including phenoxy) is 1. The Kier molecular flexibility index (Phi) is 6.58. The highest BCUT2D eigenvalue weighted by molar-refractivity contribution is 4.90. The van der Waals surface area contributed by atoms with E-state index in [2.05, 4.69) is 32.1 Å². The van der Waals surface area contributed by atoms with Crippen molar-refractivity contribution in [3.8, 4) is 12.3 Å². The quantitative estimate of drug-likeness (QED) is 0.400. The van der Waals surface area contributed by atoms with Crippen molar-refractivity contribution in [3.05, 3.63) is 0 Å². The van der Waals surface area contributed by atoms with Crippen molar-refractivity contribution >= 4 is 0 Å². The molecule has 0 saturated heterocycles. The molecule has 3 nitrogen and oxygen atoms in total. The van der Waals surface area contributed by atoms with Gasteiger partial charge in [-0.25, -0.2) is 0 Å². The van der Waals surface area contributed by atoms with Gasteiger partial charge in [-0.05, 0) is 18.8 Å². The van der Waals surface area contributed by atoms with E-state index in [0.717, 1.165) is 6.42 Å². The fraction of sp³-hybridized carbons (Fsp3) is 0.833. The van der Waals surface area contributed by atoms with Crippen molar-refractivity contribution in [1.29, 1.82) is 0 Å². The Morgan fingerprint density at radius 1 is 1.47 bits per heavy atom. The summed E-state index contributed by atoms with van der Waals surface area (Å²) in [6.45, 7) is 9.12. The van der Waals surface area contributed by atoms with E-state index in [9.17, 15) is 0 Å². The van der Waals surface area contributed by atoms with Crippen LogP contribution in [0.15, 0.2) is 0 Å². The lowest BCUT2D eigenvalue weighted by Gasteiger charge is -2.36. The average Bonchev–Trinajstić information content (AvgIpc) is 2.15. The van der Waals surface area contributed by atoms with Gasteiger partial charge < -0.3 is 4.74 Å². The van der Waals surface area contributed by atoms with Crippen LogP contribution >= 0.6 is 0 Å². The summed E-state index contributed by atoms with van der Waals surface area (Å²) in [6.07, 6.45) is 6.90. The zero-order chi connectivity index (χ0) is 11.9. The molecule has 0 aliphatic rings. The van der Waals surface area contributed by atoms with Crippen LogP contribution in [-0.2, 0) is 4.74 Å². The van der Waals surface area contributed by atoms with Crippen LogP contribution < -0.4 is 11.3 Å². The molecule has 0 spiro atoms. The molecular weight excluding hydrogens is 188 g/mol. The summed E-state index contributed by atoms with van der Waals surface area (Å²) < 4.78 is 5.75. The second kappa shape index (κ2) is 6.84. The zero-order valence-corrected chi connectivity index (χ0v) is 10.3. The summed E-state index contributed by atoms with van der Waals surface area (Å²) in [5, 5.41) is 0. The van der Waals surface area contributed by atoms with Gasteiger partial charge in [0.2, 0.25) is 0 Å². The zero-order valence-electron chi connectivity index (χ0n) is 10.3. The molecule has 2 unspecified atom stereocenters. The maximum absolute atomic E-state index is 5.75. The second-order valence-electron chi connectivity index (χ2n) is 4.76. The van der Waals surface area contributed by atoms with Gasteiger partial charge in [0.25, 0.3) is 0 Å². The lowest BCUT2D eigenvalue weighted by Crippen LogP contribution is -2.50. The van der Waals surface area contributed by atoms with Gasteiger partial charge in [0.1, 0.15) is 0 Å². The van der Waals surface area contributed by atoms with Crippen LogP contribution in [0.5, 0.6) is 0 Å². The maximum atomic E-state index is 5.75. The first-order chi connectivity index (χ1) is 6.97. The Labute approximate surface area is 93.7 Å². The van der Waals surface area contributed by atoms with Crippen molar-refractivity contribution in [1.82, 2.24) is 5.43 Å². The molecule has 0 aliphatic heterocycles. The predicted molar refractivity (Wildman–Crippen MR) is 64.0 cm³/mol. The molecular formula is C12H24N2O. The summed E-state index contributed by atoms with van der Waals surface area (Å²) in [4.78, 5) is 0. The van der Waals surface area contributed by atoms with Crippen LogP contribution in [0.4, 0.5) is 0 Å². The molecule has 2 atom stereocenters. The van der Waals surface area contributed by atoms with Crippen molar-refractivity contribution in [2.24, 2.45) is 11.3 Å². The number of rotatable bonds is 6. The Hall–Kier alpha value is -0.560. The van der Waals surface area contributed by atoms with Gasteiger partial charge in [-0.1, -0.05) is 20.8 Å². The van der Waals surface area contributed by atoms with Crippen molar-refractivity contribution in [2.75, 3.05) is 6.61 Å². The van der Waals surface area contributed by atoms with Crippen molar-refractivity contribution < 1.29 is 4.74 Å². The molecule has 0 aromatic carbocycles. The van der Waals surface area contributed by atoms with E-state index in [0.29, 0.717) is 13.0 Å². The lowest BCUT2D eigenvalue weighted by molar-refractivity contribution is -0.0371. The molecule has 0 heterocycles. The Balaban J connectivity index is 4.49. The average molecular weight is 212 g/mol. The second-order valence-corrected chi connectivity index (χ2v) is 4.76. The van der Waals surface area contributed by atoms with Crippen LogP contribution in [0.25, 0.3) is 0 Å². The van der Waals surface area contributed by atoms with Gasteiger partial charge >= 0.3 is 0 Å². The highest BCUT2D eigenvalue weighted by Crippen LogP contribution is 2.26. The first-order valence-corrected chi connectivity index (χ1v) is 5.48. The highest BCUT2D eigenvalue weighted by Gasteiger charge is 2.31. The highest BCUT2D eigenvalue weighted by atomic mass is 16.5. The molecule has 0 aliphatic carbocycles. The van der Waals surface area contributed by atoms with Crippen LogP contribution in [0, 0.1) is 17.8 Å². The van der Waals surface area contributed by atoms with Crippen LogP contribution in [-0.4, -0.2) is 18.8 Å². The Morgan fingerprint density at radius 2 is 2.07 bits per heavy atom. The van der Waals surface area contributed by atoms with E-state index in [1.807, 2.05) is 6.92 Å². The van der Waals surface area contributed by atoms with Gasteiger partial charge in [0.15, 0.2) is 0 Å². The number of nitrogens with two attached hydrogens (primary N) is 1. The van der Waals surface area contributed by atoms with Crippen LogP contribution in [0.1, 0.15) is 40.5 Å². The molecule has 88 valence electrons. The molecule has 0 amide bonds. The normalized spacial score (nSPS) is 15.7. The molecule has 0 rings (SSSR count). The number of hydrogen-bond donors (Lipinski definition) is 2. The van der Waals surface area contributed by atoms with E-state index < -0.39 is 0 Å². The minimum absolute atomic E-state index is 0.0572. The molecule has 3 N–H and O–H groups in total. The summed E-state index contributed by atoms with van der Waals surface area (Å²) in [5.41, 5.74) is 2.86. The Morgan fingerprint density at radius 3 is 2.40 bits per heavy atom. The first-order valence-electron chi connectivity index (χ1n) is 5.48. The fourth-order valence-electron chi connectivity index (χ4n) is 1.71. The van der Waals surface area contributed by atoms with E-state index in [-0.39, 0.29) is 17.6 Å². The third-order valence-electron chi connectivity index (χ3n) is 2.38. The molecule has 0 fully saturated rings. The first kappa shape index (κ1) is 14.4. The van der Waals surface area contributed by atoms with Gasteiger partial charge in [0.05, 0.1) is 6.10 Å². The molecule has 0 saturated carbocycles. The largest absolute Gasteiger partial charge is 0.376 e. The van der Waals surface area contributed by atoms with E-state index in [1.165, 1.54) is 0 Å². The summed E-state index contributed by atoms with van der Waals surface area (Å²) >= 11 is 0. The molecule has 0 radical (unpaired) electrons. The van der Waals surface area contributed by atoms with Crippen LogP contribution in [0.2, 0.25) is 0 Å². The van der Waals surface area contributed by atoms with Gasteiger partial charge in [-0.15, -0.1) is 12.3 Å². The third-order valence-corrected chi connectivity index (χ3v) is 2.38. The van der Waals surface area contributed by atoms with Crippen molar-refractivity contribution in [3.63, 3.8) is 0 Å². The molecule has 0 aromatic heterocycles. The molecule has 0 aromatic rings. The standard InChI is InChI=1S/C12H24N2O/c1-6-8-9-10(14-13)11(15-7-2)12(3,4)5/h1,10-11,14H,7-9,13H2,2-5H3. The fourth-order valence-corrected chi connectivity index (χ4v) is 1.71. The smallest absolute Gasteiger partial charge is 0.0789 e.